The number of thioether (sulfide) groups is 1. The molecule has 0 radical (unpaired) electrons. The van der Waals surface area contributed by atoms with Crippen LogP contribution in [-0.4, -0.2) is 91.3 Å². The molecule has 0 atom stereocenters. The van der Waals surface area contributed by atoms with Gasteiger partial charge in [0.15, 0.2) is 0 Å². The van der Waals surface area contributed by atoms with Gasteiger partial charge in [0.25, 0.3) is 5.91 Å². The molecule has 2 aliphatic rings. The highest BCUT2D eigenvalue weighted by molar-refractivity contribution is 8.03. The standard InChI is InChI=1S/C22H28N6O4S2/c1-26(2)15-20-19(7-12-33-20)16-3-5-18(6-4-16)34(31,32)28-10-8-27(9-11-28)22-23-13-17(14-24-22)21(29)25-30/h3-6,13-14,30H,7-12,15H2,1-2H3,(H,25,29). The molecule has 4 rings (SSSR count). The van der Waals surface area contributed by atoms with Crippen LogP contribution in [0.25, 0.3) is 5.57 Å². The van der Waals surface area contributed by atoms with Gasteiger partial charge < -0.3 is 9.80 Å². The summed E-state index contributed by atoms with van der Waals surface area (Å²) < 4.78 is 27.9. The van der Waals surface area contributed by atoms with Gasteiger partial charge in [0, 0.05) is 55.8 Å². The summed E-state index contributed by atoms with van der Waals surface area (Å²) in [5, 5.41) is 8.69. The molecule has 0 aliphatic carbocycles. The zero-order valence-electron chi connectivity index (χ0n) is 19.1. The van der Waals surface area contributed by atoms with Gasteiger partial charge >= 0.3 is 0 Å². The lowest BCUT2D eigenvalue weighted by atomic mass is 10.0. The van der Waals surface area contributed by atoms with Crippen molar-refractivity contribution in [2.45, 2.75) is 11.3 Å². The quantitative estimate of drug-likeness (QED) is 0.427. The van der Waals surface area contributed by atoms with Crippen LogP contribution in [0.15, 0.2) is 46.5 Å². The summed E-state index contributed by atoms with van der Waals surface area (Å²) in [7, 11) is 0.497. The number of allylic oxidation sites excluding steroid dienone is 1. The Morgan fingerprint density at radius 1 is 1.12 bits per heavy atom. The number of hydrogen-bond donors (Lipinski definition) is 2. The lowest BCUT2D eigenvalue weighted by Crippen LogP contribution is -2.49. The van der Waals surface area contributed by atoms with Crippen molar-refractivity contribution in [3.05, 3.63) is 52.7 Å². The number of hydroxylamine groups is 1. The molecule has 10 nitrogen and oxygen atoms in total. The molecule has 2 aliphatic heterocycles. The number of likely N-dealkylation sites (N-methyl/N-ethyl adjacent to an activating group) is 1. The summed E-state index contributed by atoms with van der Waals surface area (Å²) in [6.45, 7) is 2.37. The fourth-order valence-electron chi connectivity index (χ4n) is 4.01. The number of hydrogen-bond acceptors (Lipinski definition) is 9. The van der Waals surface area contributed by atoms with Crippen LogP contribution >= 0.6 is 11.8 Å². The van der Waals surface area contributed by atoms with Gasteiger partial charge in [-0.15, -0.1) is 11.8 Å². The van der Waals surface area contributed by atoms with Gasteiger partial charge in [0.1, 0.15) is 0 Å². The van der Waals surface area contributed by atoms with Crippen LogP contribution in [0, 0.1) is 0 Å². The third kappa shape index (κ3) is 5.26. The molecule has 182 valence electrons. The van der Waals surface area contributed by atoms with Crippen LogP contribution in [0.5, 0.6) is 0 Å². The summed E-state index contributed by atoms with van der Waals surface area (Å²) >= 11 is 1.87. The molecule has 0 bridgehead atoms. The van der Waals surface area contributed by atoms with Crippen molar-refractivity contribution < 1.29 is 18.4 Å². The normalized spacial score (nSPS) is 17.5. The molecule has 0 spiro atoms. The Balaban J connectivity index is 1.42. The van der Waals surface area contributed by atoms with Gasteiger partial charge in [-0.1, -0.05) is 12.1 Å². The molecule has 1 aromatic heterocycles. The summed E-state index contributed by atoms with van der Waals surface area (Å²) in [6.07, 6.45) is 3.64. The molecule has 1 amide bonds. The first-order chi connectivity index (χ1) is 16.3. The van der Waals surface area contributed by atoms with E-state index in [1.165, 1.54) is 32.7 Å². The molecule has 2 aromatic rings. The number of carbonyl (C=O) groups is 1. The number of benzene rings is 1. The van der Waals surface area contributed by atoms with Gasteiger partial charge in [-0.2, -0.15) is 4.31 Å². The van der Waals surface area contributed by atoms with Crippen molar-refractivity contribution in [3.63, 3.8) is 0 Å². The maximum Gasteiger partial charge on any atom is 0.277 e. The summed E-state index contributed by atoms with van der Waals surface area (Å²) in [4.78, 5) is 25.4. The lowest BCUT2D eigenvalue weighted by molar-refractivity contribution is 0.0705. The first-order valence-electron chi connectivity index (χ1n) is 10.9. The van der Waals surface area contributed by atoms with E-state index in [0.29, 0.717) is 37.0 Å². The van der Waals surface area contributed by atoms with E-state index in [9.17, 15) is 13.2 Å². The number of aromatic nitrogens is 2. The topological polar surface area (TPSA) is 119 Å². The first-order valence-corrected chi connectivity index (χ1v) is 13.3. The summed E-state index contributed by atoms with van der Waals surface area (Å²) in [6, 6.07) is 7.23. The van der Waals surface area contributed by atoms with E-state index >= 15 is 0 Å². The Kier molecular flexibility index (Phi) is 7.53. The second kappa shape index (κ2) is 10.4. The van der Waals surface area contributed by atoms with E-state index in [-0.39, 0.29) is 5.56 Å². The van der Waals surface area contributed by atoms with Crippen LogP contribution in [0.3, 0.4) is 0 Å². The van der Waals surface area contributed by atoms with Crippen LogP contribution in [0.1, 0.15) is 22.3 Å². The van der Waals surface area contributed by atoms with Crippen LogP contribution in [0.2, 0.25) is 0 Å². The number of sulfonamides is 1. The third-order valence-corrected chi connectivity index (χ3v) is 8.83. The second-order valence-electron chi connectivity index (χ2n) is 8.37. The fraction of sp³-hybridized carbons (Fsp3) is 0.409. The Morgan fingerprint density at radius 2 is 1.76 bits per heavy atom. The van der Waals surface area contributed by atoms with E-state index in [1.54, 1.807) is 12.1 Å². The maximum absolute atomic E-state index is 13.2. The van der Waals surface area contributed by atoms with Gasteiger partial charge in [0.05, 0.1) is 10.5 Å². The van der Waals surface area contributed by atoms with Crippen LogP contribution < -0.4 is 10.4 Å². The SMILES string of the molecule is CN(C)CC1=C(c2ccc(S(=O)(=O)N3CCN(c4ncc(C(=O)NO)cn4)CC3)cc2)CCS1. The Hall–Kier alpha value is -2.51. The Bertz CT molecular complexity index is 1160. The first kappa shape index (κ1) is 24.6. The van der Waals surface area contributed by atoms with Gasteiger partial charge in [-0.3, -0.25) is 10.0 Å². The van der Waals surface area contributed by atoms with Gasteiger partial charge in [-0.25, -0.2) is 23.9 Å². The molecule has 34 heavy (non-hydrogen) atoms. The summed E-state index contributed by atoms with van der Waals surface area (Å²) in [5.41, 5.74) is 4.06. The average Bonchev–Trinajstić information content (AvgIpc) is 3.31. The maximum atomic E-state index is 13.2. The van der Waals surface area contributed by atoms with Crippen molar-refractivity contribution in [1.29, 1.82) is 0 Å². The predicted molar refractivity (Wildman–Crippen MR) is 131 cm³/mol. The van der Waals surface area contributed by atoms with Gasteiger partial charge in [-0.05, 0) is 43.8 Å². The fourth-order valence-corrected chi connectivity index (χ4v) is 6.73. The highest BCUT2D eigenvalue weighted by Crippen LogP contribution is 2.38. The Labute approximate surface area is 203 Å². The molecule has 1 aromatic carbocycles. The monoisotopic (exact) mass is 504 g/mol. The van der Waals surface area contributed by atoms with Gasteiger partial charge in [0.2, 0.25) is 16.0 Å². The molecular weight excluding hydrogens is 476 g/mol. The molecule has 1 fully saturated rings. The molecular formula is C22H28N6O4S2. The van der Waals surface area contributed by atoms with E-state index in [4.69, 9.17) is 5.21 Å². The zero-order valence-corrected chi connectivity index (χ0v) is 20.8. The van der Waals surface area contributed by atoms with Crippen molar-refractivity contribution in [2.24, 2.45) is 0 Å². The minimum absolute atomic E-state index is 0.136. The lowest BCUT2D eigenvalue weighted by Gasteiger charge is -2.34. The van der Waals surface area contributed by atoms with E-state index in [2.05, 4.69) is 29.0 Å². The second-order valence-corrected chi connectivity index (χ2v) is 11.5. The predicted octanol–water partition coefficient (Wildman–Crippen LogP) is 1.52. The van der Waals surface area contributed by atoms with E-state index in [1.807, 2.05) is 28.8 Å². The number of piperazine rings is 1. The van der Waals surface area contributed by atoms with Crippen molar-refractivity contribution in [3.8, 4) is 0 Å². The zero-order chi connectivity index (χ0) is 24.3. The largest absolute Gasteiger partial charge is 0.338 e. The summed E-state index contributed by atoms with van der Waals surface area (Å²) in [5.74, 6) is 0.779. The highest BCUT2D eigenvalue weighted by atomic mass is 32.2. The van der Waals surface area contributed by atoms with Crippen LogP contribution in [-0.2, 0) is 10.0 Å². The number of anilines is 1. The van der Waals surface area contributed by atoms with E-state index in [0.717, 1.165) is 24.3 Å². The molecule has 0 unspecified atom stereocenters. The number of nitrogens with one attached hydrogen (secondary N) is 1. The van der Waals surface area contributed by atoms with Crippen LogP contribution in [0.4, 0.5) is 5.95 Å². The molecule has 12 heteroatoms. The Morgan fingerprint density at radius 3 is 2.35 bits per heavy atom. The highest BCUT2D eigenvalue weighted by Gasteiger charge is 2.29. The third-order valence-electron chi connectivity index (χ3n) is 5.79. The van der Waals surface area contributed by atoms with Crippen molar-refractivity contribution in [2.75, 3.05) is 57.5 Å². The molecule has 0 saturated carbocycles. The minimum Gasteiger partial charge on any atom is -0.338 e. The smallest absolute Gasteiger partial charge is 0.277 e. The minimum atomic E-state index is -3.61. The number of amides is 1. The molecule has 1 saturated heterocycles. The van der Waals surface area contributed by atoms with E-state index < -0.39 is 15.9 Å². The van der Waals surface area contributed by atoms with Crippen molar-refractivity contribution in [1.82, 2.24) is 24.7 Å². The molecule has 3 heterocycles. The molecule has 2 N–H and O–H groups in total. The number of nitrogens with zero attached hydrogens (tertiary/aromatic N) is 5. The van der Waals surface area contributed by atoms with Crippen molar-refractivity contribution >= 4 is 39.2 Å². The number of rotatable bonds is 7. The average molecular weight is 505 g/mol. The number of carbonyl (C=O) groups excluding carboxylic acids is 1.